The van der Waals surface area contributed by atoms with Gasteiger partial charge in [0.2, 0.25) is 5.60 Å². The summed E-state index contributed by atoms with van der Waals surface area (Å²) in [6.07, 6.45) is 0. The van der Waals surface area contributed by atoms with Crippen LogP contribution in [0.2, 0.25) is 0 Å². The fourth-order valence-corrected chi connectivity index (χ4v) is 3.23. The van der Waals surface area contributed by atoms with Crippen molar-refractivity contribution in [2.24, 2.45) is 0 Å². The molecule has 2 atom stereocenters. The molecule has 0 saturated heterocycles. The van der Waals surface area contributed by atoms with E-state index in [1.165, 1.54) is 29.5 Å². The summed E-state index contributed by atoms with van der Waals surface area (Å²) in [4.78, 5) is 11.8. The predicted molar refractivity (Wildman–Crippen MR) is 96.7 cm³/mol. The van der Waals surface area contributed by atoms with Crippen LogP contribution in [0.15, 0.2) is 48.5 Å². The first kappa shape index (κ1) is 18.2. The minimum Gasteiger partial charge on any atom is -0.508 e. The van der Waals surface area contributed by atoms with Crippen LogP contribution >= 0.6 is 11.8 Å². The highest BCUT2D eigenvalue weighted by molar-refractivity contribution is 7.99. The molecule has 2 unspecified atom stereocenters. The van der Waals surface area contributed by atoms with E-state index >= 15 is 0 Å². The molecule has 24 heavy (non-hydrogen) atoms. The van der Waals surface area contributed by atoms with Gasteiger partial charge in [-0.2, -0.15) is 0 Å². The van der Waals surface area contributed by atoms with Crippen molar-refractivity contribution in [3.8, 4) is 11.5 Å². The van der Waals surface area contributed by atoms with Crippen LogP contribution < -0.4 is 4.74 Å². The Morgan fingerprint density at radius 1 is 1.17 bits per heavy atom. The van der Waals surface area contributed by atoms with Gasteiger partial charge in [0.1, 0.15) is 11.5 Å². The van der Waals surface area contributed by atoms with Crippen LogP contribution in [0.5, 0.6) is 11.5 Å². The molecular weight excluding hydrogens is 324 g/mol. The van der Waals surface area contributed by atoms with E-state index in [1.807, 2.05) is 38.1 Å². The number of hydrogen-bond donors (Lipinski definition) is 2. The van der Waals surface area contributed by atoms with Gasteiger partial charge in [-0.05, 0) is 50.6 Å². The van der Waals surface area contributed by atoms with Crippen LogP contribution in [0.25, 0.3) is 0 Å². The number of aromatic hydroxyl groups is 1. The minimum absolute atomic E-state index is 0.112. The maximum atomic E-state index is 11.8. The monoisotopic (exact) mass is 346 g/mol. The normalized spacial score (nSPS) is 14.6. The number of carboxylic acid groups (broad SMARTS) is 1. The van der Waals surface area contributed by atoms with E-state index in [1.54, 1.807) is 19.1 Å². The highest BCUT2D eigenvalue weighted by Gasteiger charge is 2.42. The van der Waals surface area contributed by atoms with Gasteiger partial charge in [-0.1, -0.05) is 29.8 Å². The molecule has 2 N–H and O–H groups in total. The molecule has 0 aliphatic rings. The third-order valence-corrected chi connectivity index (χ3v) is 5.44. The van der Waals surface area contributed by atoms with Crippen LogP contribution in [-0.2, 0) is 10.5 Å². The summed E-state index contributed by atoms with van der Waals surface area (Å²) < 4.78 is 5.76. The van der Waals surface area contributed by atoms with Crippen molar-refractivity contribution in [3.05, 3.63) is 59.7 Å². The summed E-state index contributed by atoms with van der Waals surface area (Å²) in [6, 6.07) is 14.3. The van der Waals surface area contributed by atoms with E-state index in [-0.39, 0.29) is 11.0 Å². The van der Waals surface area contributed by atoms with Crippen LogP contribution in [0, 0.1) is 6.92 Å². The van der Waals surface area contributed by atoms with E-state index in [0.717, 1.165) is 5.56 Å². The molecule has 0 amide bonds. The number of aliphatic carboxylic acids is 1. The smallest absolute Gasteiger partial charge is 0.348 e. The zero-order chi connectivity index (χ0) is 17.7. The maximum absolute atomic E-state index is 11.8. The van der Waals surface area contributed by atoms with Gasteiger partial charge >= 0.3 is 5.97 Å². The molecule has 0 spiro atoms. The van der Waals surface area contributed by atoms with Gasteiger partial charge in [-0.15, -0.1) is 11.8 Å². The standard InChI is InChI=1S/C19H22O4S/c1-13-4-6-15(7-5-13)12-24-14(2)19(3,18(21)22)23-17-10-8-16(20)9-11-17/h4-11,14,20H,12H2,1-3H3,(H,21,22). The lowest BCUT2D eigenvalue weighted by Crippen LogP contribution is -2.49. The Balaban J connectivity index is 2.08. The number of aryl methyl sites for hydroxylation is 1. The summed E-state index contributed by atoms with van der Waals surface area (Å²) in [5.74, 6) is 0.227. The number of rotatable bonds is 7. The average Bonchev–Trinajstić information content (AvgIpc) is 2.56. The Morgan fingerprint density at radius 3 is 2.29 bits per heavy atom. The van der Waals surface area contributed by atoms with E-state index in [9.17, 15) is 15.0 Å². The van der Waals surface area contributed by atoms with Crippen molar-refractivity contribution in [3.63, 3.8) is 0 Å². The lowest BCUT2D eigenvalue weighted by Gasteiger charge is -2.32. The maximum Gasteiger partial charge on any atom is 0.348 e. The van der Waals surface area contributed by atoms with Crippen molar-refractivity contribution < 1.29 is 19.7 Å². The molecule has 0 radical (unpaired) electrons. The number of thioether (sulfide) groups is 1. The Hall–Kier alpha value is -2.14. The van der Waals surface area contributed by atoms with Crippen molar-refractivity contribution in [2.75, 3.05) is 0 Å². The van der Waals surface area contributed by atoms with Crippen LogP contribution in [0.4, 0.5) is 0 Å². The highest BCUT2D eigenvalue weighted by Crippen LogP contribution is 2.32. The van der Waals surface area contributed by atoms with Gasteiger partial charge < -0.3 is 14.9 Å². The molecule has 4 nitrogen and oxygen atoms in total. The van der Waals surface area contributed by atoms with Gasteiger partial charge in [0.05, 0.1) is 5.25 Å². The molecule has 5 heteroatoms. The lowest BCUT2D eigenvalue weighted by molar-refractivity contribution is -0.153. The number of benzene rings is 2. The lowest BCUT2D eigenvalue weighted by atomic mass is 10.0. The fourth-order valence-electron chi connectivity index (χ4n) is 2.12. The first-order valence-corrected chi connectivity index (χ1v) is 8.75. The van der Waals surface area contributed by atoms with Gasteiger partial charge in [0.15, 0.2) is 0 Å². The summed E-state index contributed by atoms with van der Waals surface area (Å²) >= 11 is 1.54. The largest absolute Gasteiger partial charge is 0.508 e. The van der Waals surface area contributed by atoms with E-state index in [4.69, 9.17) is 4.74 Å². The Labute approximate surface area is 146 Å². The first-order valence-electron chi connectivity index (χ1n) is 7.70. The second kappa shape index (κ2) is 7.62. The third-order valence-electron chi connectivity index (χ3n) is 3.99. The molecule has 2 aromatic rings. The average molecular weight is 346 g/mol. The second-order valence-electron chi connectivity index (χ2n) is 5.95. The molecule has 2 rings (SSSR count). The summed E-state index contributed by atoms with van der Waals surface area (Å²) in [6.45, 7) is 5.47. The SMILES string of the molecule is Cc1ccc(CSC(C)C(C)(Oc2ccc(O)cc2)C(=O)O)cc1. The van der Waals surface area contributed by atoms with Crippen molar-refractivity contribution in [1.82, 2.24) is 0 Å². The number of hydrogen-bond acceptors (Lipinski definition) is 4. The number of phenols is 1. The third kappa shape index (κ3) is 4.45. The molecule has 0 heterocycles. The molecule has 2 aromatic carbocycles. The molecule has 0 aromatic heterocycles. The summed E-state index contributed by atoms with van der Waals surface area (Å²) in [7, 11) is 0. The summed E-state index contributed by atoms with van der Waals surface area (Å²) in [5, 5.41) is 18.7. The Morgan fingerprint density at radius 2 is 1.75 bits per heavy atom. The van der Waals surface area contributed by atoms with E-state index in [0.29, 0.717) is 11.5 Å². The van der Waals surface area contributed by atoms with Gasteiger partial charge in [0.25, 0.3) is 0 Å². The molecule has 0 aliphatic carbocycles. The van der Waals surface area contributed by atoms with Crippen LogP contribution in [0.1, 0.15) is 25.0 Å². The number of phenolic OH excluding ortho intramolecular Hbond substituents is 1. The Kier molecular flexibility index (Phi) is 5.78. The van der Waals surface area contributed by atoms with Gasteiger partial charge in [0, 0.05) is 5.75 Å². The molecule has 0 aliphatic heterocycles. The molecule has 0 saturated carbocycles. The molecular formula is C19H22O4S. The second-order valence-corrected chi connectivity index (χ2v) is 7.28. The topological polar surface area (TPSA) is 66.8 Å². The molecule has 0 bridgehead atoms. The molecule has 0 fully saturated rings. The molecule has 128 valence electrons. The summed E-state index contributed by atoms with van der Waals surface area (Å²) in [5.41, 5.74) is 0.976. The van der Waals surface area contributed by atoms with E-state index < -0.39 is 11.6 Å². The number of carboxylic acids is 1. The predicted octanol–water partition coefficient (Wildman–Crippen LogP) is 4.24. The minimum atomic E-state index is -1.37. The highest BCUT2D eigenvalue weighted by atomic mass is 32.2. The number of carbonyl (C=O) groups is 1. The van der Waals surface area contributed by atoms with Crippen molar-refractivity contribution in [2.45, 2.75) is 37.4 Å². The van der Waals surface area contributed by atoms with Gasteiger partial charge in [-0.25, -0.2) is 4.79 Å². The van der Waals surface area contributed by atoms with Crippen molar-refractivity contribution in [1.29, 1.82) is 0 Å². The fraction of sp³-hybridized carbons (Fsp3) is 0.316. The van der Waals surface area contributed by atoms with Crippen molar-refractivity contribution >= 4 is 17.7 Å². The zero-order valence-electron chi connectivity index (χ0n) is 14.0. The number of ether oxygens (including phenoxy) is 1. The van der Waals surface area contributed by atoms with Gasteiger partial charge in [-0.3, -0.25) is 0 Å². The van der Waals surface area contributed by atoms with Crippen LogP contribution in [0.3, 0.4) is 0 Å². The zero-order valence-corrected chi connectivity index (χ0v) is 14.8. The Bertz CT molecular complexity index is 682. The van der Waals surface area contributed by atoms with Crippen LogP contribution in [-0.4, -0.2) is 27.0 Å². The quantitative estimate of drug-likeness (QED) is 0.785. The first-order chi connectivity index (χ1) is 11.3. The van der Waals surface area contributed by atoms with E-state index in [2.05, 4.69) is 0 Å².